The van der Waals surface area contributed by atoms with Gasteiger partial charge in [0.15, 0.2) is 0 Å². The number of halogens is 2. The van der Waals surface area contributed by atoms with Crippen LogP contribution in [0.25, 0.3) is 0 Å². The van der Waals surface area contributed by atoms with Gasteiger partial charge in [0.05, 0.1) is 12.1 Å². The lowest BCUT2D eigenvalue weighted by Crippen LogP contribution is -2.60. The maximum absolute atomic E-state index is 12.0. The zero-order chi connectivity index (χ0) is 14.2. The molecule has 1 atom stereocenters. The second kappa shape index (κ2) is 6.29. The second-order valence-electron chi connectivity index (χ2n) is 6.26. The van der Waals surface area contributed by atoms with Gasteiger partial charge in [0, 0.05) is 29.2 Å². The molecule has 1 aliphatic heterocycles. The van der Waals surface area contributed by atoms with E-state index in [1.807, 2.05) is 0 Å². The van der Waals surface area contributed by atoms with Gasteiger partial charge in [0.2, 0.25) is 0 Å². The summed E-state index contributed by atoms with van der Waals surface area (Å²) >= 11 is 5.83. The van der Waals surface area contributed by atoms with Crippen molar-refractivity contribution in [3.05, 3.63) is 33.7 Å². The molecule has 2 N–H and O–H groups in total. The molecule has 1 saturated heterocycles. The summed E-state index contributed by atoms with van der Waals surface area (Å²) in [5.74, 6) is 0. The summed E-state index contributed by atoms with van der Waals surface area (Å²) in [5, 5.41) is 15.1. The number of aromatic nitrogens is 1. The zero-order valence-corrected chi connectivity index (χ0v) is 13.6. The molecule has 1 aliphatic carbocycles. The van der Waals surface area contributed by atoms with Crippen LogP contribution in [0.4, 0.5) is 0 Å². The molecule has 2 fully saturated rings. The van der Waals surface area contributed by atoms with Gasteiger partial charge in [-0.3, -0.25) is 4.79 Å². The van der Waals surface area contributed by atoms with Crippen molar-refractivity contribution in [3.8, 4) is 0 Å². The summed E-state index contributed by atoms with van der Waals surface area (Å²) < 4.78 is 1.59. The van der Waals surface area contributed by atoms with E-state index in [2.05, 4.69) is 5.32 Å². The molecular formula is C15H22Cl2N2O2. The lowest BCUT2D eigenvalue weighted by Gasteiger charge is -2.49. The van der Waals surface area contributed by atoms with Crippen LogP contribution in [-0.2, 0) is 6.54 Å². The third-order valence-corrected chi connectivity index (χ3v) is 5.35. The predicted molar refractivity (Wildman–Crippen MR) is 86.3 cm³/mol. The molecule has 1 aromatic heterocycles. The van der Waals surface area contributed by atoms with Crippen LogP contribution in [0.1, 0.15) is 32.1 Å². The minimum Gasteiger partial charge on any atom is -0.387 e. The maximum atomic E-state index is 12.0. The second-order valence-corrected chi connectivity index (χ2v) is 6.69. The first-order chi connectivity index (χ1) is 9.55. The van der Waals surface area contributed by atoms with E-state index in [4.69, 9.17) is 11.6 Å². The Balaban J connectivity index is 0.00000161. The number of piperidine rings is 1. The zero-order valence-electron chi connectivity index (χ0n) is 12.0. The van der Waals surface area contributed by atoms with Gasteiger partial charge in [-0.15, -0.1) is 12.4 Å². The smallest absolute Gasteiger partial charge is 0.252 e. The molecular weight excluding hydrogens is 311 g/mol. The van der Waals surface area contributed by atoms with Crippen molar-refractivity contribution in [1.29, 1.82) is 0 Å². The largest absolute Gasteiger partial charge is 0.387 e. The fourth-order valence-electron chi connectivity index (χ4n) is 3.89. The Morgan fingerprint density at radius 3 is 2.71 bits per heavy atom. The SMILES string of the molecule is Cl.O=c1cc(Cl)ccn1C[C@]1(O)CCNCC12CCCC2. The van der Waals surface area contributed by atoms with E-state index in [-0.39, 0.29) is 23.4 Å². The van der Waals surface area contributed by atoms with Crippen LogP contribution in [0.2, 0.25) is 5.02 Å². The van der Waals surface area contributed by atoms with Crippen LogP contribution >= 0.6 is 24.0 Å². The van der Waals surface area contributed by atoms with Crippen molar-refractivity contribution in [2.24, 2.45) is 5.41 Å². The Kier molecular flexibility index (Phi) is 5.03. The summed E-state index contributed by atoms with van der Waals surface area (Å²) in [7, 11) is 0. The minimum atomic E-state index is -0.799. The van der Waals surface area contributed by atoms with Gasteiger partial charge in [-0.2, -0.15) is 0 Å². The molecule has 2 heterocycles. The Morgan fingerprint density at radius 2 is 2.05 bits per heavy atom. The van der Waals surface area contributed by atoms with Crippen LogP contribution < -0.4 is 10.9 Å². The highest BCUT2D eigenvalue weighted by atomic mass is 35.5. The number of nitrogens with zero attached hydrogens (tertiary/aromatic N) is 1. The van der Waals surface area contributed by atoms with E-state index >= 15 is 0 Å². The summed E-state index contributed by atoms with van der Waals surface area (Å²) in [6.45, 7) is 2.02. The predicted octanol–water partition coefficient (Wildman–Crippen LogP) is 2.21. The highest BCUT2D eigenvalue weighted by Crippen LogP contribution is 2.49. The van der Waals surface area contributed by atoms with Crippen LogP contribution in [0.5, 0.6) is 0 Å². The van der Waals surface area contributed by atoms with Crippen molar-refractivity contribution < 1.29 is 5.11 Å². The van der Waals surface area contributed by atoms with Gasteiger partial charge in [-0.1, -0.05) is 24.4 Å². The Labute approximate surface area is 135 Å². The topological polar surface area (TPSA) is 54.3 Å². The van der Waals surface area contributed by atoms with Gasteiger partial charge >= 0.3 is 0 Å². The van der Waals surface area contributed by atoms with E-state index in [9.17, 15) is 9.90 Å². The van der Waals surface area contributed by atoms with Crippen molar-refractivity contribution in [2.45, 2.75) is 44.2 Å². The third-order valence-electron chi connectivity index (χ3n) is 5.12. The Morgan fingerprint density at radius 1 is 1.33 bits per heavy atom. The molecule has 21 heavy (non-hydrogen) atoms. The Hall–Kier alpha value is -0.550. The first kappa shape index (κ1) is 16.8. The van der Waals surface area contributed by atoms with E-state index in [1.165, 1.54) is 18.9 Å². The average molecular weight is 333 g/mol. The summed E-state index contributed by atoms with van der Waals surface area (Å²) in [6, 6.07) is 3.11. The molecule has 1 spiro atoms. The third kappa shape index (κ3) is 3.00. The summed E-state index contributed by atoms with van der Waals surface area (Å²) in [4.78, 5) is 12.0. The highest BCUT2D eigenvalue weighted by molar-refractivity contribution is 6.30. The van der Waals surface area contributed by atoms with E-state index in [0.29, 0.717) is 18.0 Å². The standard InChI is InChI=1S/C15H21ClN2O2.ClH/c16-12-3-8-18(13(19)9-12)11-15(20)6-7-17-10-14(15)4-1-2-5-14;/h3,8-9,17,20H,1-2,4-7,10-11H2;1H/t15-;/m1./s1. The molecule has 0 unspecified atom stereocenters. The first-order valence-corrected chi connectivity index (χ1v) is 7.72. The minimum absolute atomic E-state index is 0. The monoisotopic (exact) mass is 332 g/mol. The molecule has 0 amide bonds. The Bertz CT molecular complexity index is 555. The van der Waals surface area contributed by atoms with Gasteiger partial charge in [0.1, 0.15) is 0 Å². The van der Waals surface area contributed by atoms with Crippen molar-refractivity contribution in [3.63, 3.8) is 0 Å². The molecule has 1 saturated carbocycles. The number of pyridine rings is 1. The molecule has 2 aliphatic rings. The maximum Gasteiger partial charge on any atom is 0.252 e. The van der Waals surface area contributed by atoms with Gasteiger partial charge in [-0.25, -0.2) is 0 Å². The van der Waals surface area contributed by atoms with Crippen LogP contribution in [0.3, 0.4) is 0 Å². The number of hydrogen-bond acceptors (Lipinski definition) is 3. The van der Waals surface area contributed by atoms with Crippen LogP contribution in [-0.4, -0.2) is 28.4 Å². The van der Waals surface area contributed by atoms with Gasteiger partial charge in [0.25, 0.3) is 5.56 Å². The lowest BCUT2D eigenvalue weighted by molar-refractivity contribution is -0.115. The normalized spacial score (nSPS) is 27.5. The lowest BCUT2D eigenvalue weighted by atomic mass is 9.66. The fraction of sp³-hybridized carbons (Fsp3) is 0.667. The van der Waals surface area contributed by atoms with Crippen molar-refractivity contribution in [2.75, 3.05) is 13.1 Å². The summed E-state index contributed by atoms with van der Waals surface area (Å²) in [5.41, 5.74) is -1.02. The molecule has 0 aromatic carbocycles. The van der Waals surface area contributed by atoms with Crippen LogP contribution in [0.15, 0.2) is 23.1 Å². The number of hydrogen-bond donors (Lipinski definition) is 2. The van der Waals surface area contributed by atoms with Crippen molar-refractivity contribution in [1.82, 2.24) is 9.88 Å². The quantitative estimate of drug-likeness (QED) is 0.873. The fourth-order valence-corrected chi connectivity index (χ4v) is 4.04. The number of rotatable bonds is 2. The summed E-state index contributed by atoms with van der Waals surface area (Å²) in [6.07, 6.45) is 6.80. The van der Waals surface area contributed by atoms with E-state index in [1.54, 1.807) is 16.8 Å². The molecule has 3 rings (SSSR count). The van der Waals surface area contributed by atoms with Crippen LogP contribution in [0, 0.1) is 5.41 Å². The van der Waals surface area contributed by atoms with E-state index in [0.717, 1.165) is 25.9 Å². The molecule has 118 valence electrons. The molecule has 1 aromatic rings. The molecule has 6 heteroatoms. The number of nitrogens with one attached hydrogen (secondary N) is 1. The van der Waals surface area contributed by atoms with E-state index < -0.39 is 5.60 Å². The molecule has 4 nitrogen and oxygen atoms in total. The van der Waals surface area contributed by atoms with Crippen molar-refractivity contribution >= 4 is 24.0 Å². The van der Waals surface area contributed by atoms with Gasteiger partial charge < -0.3 is 15.0 Å². The van der Waals surface area contributed by atoms with Gasteiger partial charge in [-0.05, 0) is 31.9 Å². The number of aliphatic hydroxyl groups is 1. The average Bonchev–Trinajstić information content (AvgIpc) is 2.87. The first-order valence-electron chi connectivity index (χ1n) is 7.34. The highest BCUT2D eigenvalue weighted by Gasteiger charge is 2.53. The molecule has 0 radical (unpaired) electrons. The molecule has 0 bridgehead atoms.